The van der Waals surface area contributed by atoms with E-state index in [-0.39, 0.29) is 11.5 Å². The maximum absolute atomic E-state index is 6.42. The first-order valence-corrected chi connectivity index (χ1v) is 6.75. The number of anilines is 1. The van der Waals surface area contributed by atoms with Crippen LogP contribution in [0.5, 0.6) is 0 Å². The fourth-order valence-electron chi connectivity index (χ4n) is 3.20. The lowest BCUT2D eigenvalue weighted by atomic mass is 9.70. The molecule has 2 atom stereocenters. The lowest BCUT2D eigenvalue weighted by molar-refractivity contribution is 0.484. The summed E-state index contributed by atoms with van der Waals surface area (Å²) in [6.07, 6.45) is 1.81. The molecule has 3 heteroatoms. The van der Waals surface area contributed by atoms with Crippen LogP contribution in [0.2, 0.25) is 0 Å². The molecule has 2 unspecified atom stereocenters. The number of fused-ring (bicyclic) bond motifs is 1. The Morgan fingerprint density at radius 3 is 2.45 bits per heavy atom. The first-order chi connectivity index (χ1) is 9.70. The van der Waals surface area contributed by atoms with Crippen molar-refractivity contribution in [1.82, 2.24) is 0 Å². The van der Waals surface area contributed by atoms with E-state index in [0.717, 1.165) is 5.69 Å². The maximum atomic E-state index is 6.42. The van der Waals surface area contributed by atoms with Crippen molar-refractivity contribution in [1.29, 1.82) is 0 Å². The molecule has 0 fully saturated rings. The number of nitrogens with zero attached hydrogens (tertiary/aromatic N) is 1. The molecule has 2 aromatic rings. The zero-order valence-electron chi connectivity index (χ0n) is 11.4. The molecule has 0 bridgehead atoms. The number of nitrogens with two attached hydrogens (primary N) is 2. The third kappa shape index (κ3) is 1.68. The standard InChI is InChI=1S/C17H19N3/c1-2-16(18)17(13-8-4-3-5-9-13)12-20(19)15-11-7-6-10-14(15)17/h2-11,16H,1,12,18-19H2. The number of hydrogen-bond donors (Lipinski definition) is 2. The summed E-state index contributed by atoms with van der Waals surface area (Å²) in [7, 11) is 0. The zero-order chi connectivity index (χ0) is 14.2. The van der Waals surface area contributed by atoms with Gasteiger partial charge in [-0.15, -0.1) is 6.58 Å². The summed E-state index contributed by atoms with van der Waals surface area (Å²) in [4.78, 5) is 0. The van der Waals surface area contributed by atoms with Crippen LogP contribution in [0, 0.1) is 0 Å². The fraction of sp³-hybridized carbons (Fsp3) is 0.176. The average molecular weight is 265 g/mol. The molecule has 4 N–H and O–H groups in total. The van der Waals surface area contributed by atoms with Gasteiger partial charge in [0, 0.05) is 12.6 Å². The van der Waals surface area contributed by atoms with Gasteiger partial charge in [0.1, 0.15) is 0 Å². The van der Waals surface area contributed by atoms with Crippen molar-refractivity contribution in [3.63, 3.8) is 0 Å². The Morgan fingerprint density at radius 2 is 1.75 bits per heavy atom. The summed E-state index contributed by atoms with van der Waals surface area (Å²) in [5.74, 6) is 6.20. The molecule has 1 heterocycles. The first-order valence-electron chi connectivity index (χ1n) is 6.75. The molecule has 0 saturated heterocycles. The third-order valence-corrected chi connectivity index (χ3v) is 4.23. The average Bonchev–Trinajstić information content (AvgIpc) is 2.82. The van der Waals surface area contributed by atoms with E-state index in [9.17, 15) is 0 Å². The van der Waals surface area contributed by atoms with Gasteiger partial charge in [-0.25, -0.2) is 5.84 Å². The summed E-state index contributed by atoms with van der Waals surface area (Å²) in [6.45, 7) is 4.55. The van der Waals surface area contributed by atoms with Crippen LogP contribution in [-0.2, 0) is 5.41 Å². The molecule has 0 spiro atoms. The Morgan fingerprint density at radius 1 is 1.10 bits per heavy atom. The van der Waals surface area contributed by atoms with Crippen LogP contribution >= 0.6 is 0 Å². The SMILES string of the molecule is C=CC(N)C1(c2ccccc2)CN(N)c2ccccc21. The van der Waals surface area contributed by atoms with Crippen LogP contribution in [0.15, 0.2) is 67.3 Å². The van der Waals surface area contributed by atoms with E-state index < -0.39 is 0 Å². The van der Waals surface area contributed by atoms with Crippen molar-refractivity contribution < 1.29 is 0 Å². The molecule has 1 aliphatic rings. The Hall–Kier alpha value is -2.10. The molecule has 0 aromatic heterocycles. The van der Waals surface area contributed by atoms with Gasteiger partial charge in [-0.2, -0.15) is 0 Å². The van der Waals surface area contributed by atoms with E-state index >= 15 is 0 Å². The monoisotopic (exact) mass is 265 g/mol. The number of hydrogen-bond acceptors (Lipinski definition) is 3. The molecule has 3 nitrogen and oxygen atoms in total. The van der Waals surface area contributed by atoms with E-state index in [0.29, 0.717) is 6.54 Å². The zero-order valence-corrected chi connectivity index (χ0v) is 11.4. The van der Waals surface area contributed by atoms with Gasteiger partial charge in [-0.05, 0) is 17.2 Å². The van der Waals surface area contributed by atoms with E-state index in [1.165, 1.54) is 11.1 Å². The summed E-state index contributed by atoms with van der Waals surface area (Å²) in [6, 6.07) is 18.3. The minimum atomic E-state index is -0.339. The second-order valence-corrected chi connectivity index (χ2v) is 5.24. The lowest BCUT2D eigenvalue weighted by Gasteiger charge is -2.35. The van der Waals surface area contributed by atoms with Crippen molar-refractivity contribution >= 4 is 5.69 Å². The first kappa shape index (κ1) is 12.9. The van der Waals surface area contributed by atoms with Crippen molar-refractivity contribution in [3.05, 3.63) is 78.4 Å². The molecular weight excluding hydrogens is 246 g/mol. The van der Waals surface area contributed by atoms with Gasteiger partial charge in [0.05, 0.1) is 11.1 Å². The second kappa shape index (κ2) is 4.78. The summed E-state index contributed by atoms with van der Waals surface area (Å²) in [5.41, 5.74) is 9.46. The normalized spacial score (nSPS) is 22.4. The minimum absolute atomic E-state index is 0.195. The third-order valence-electron chi connectivity index (χ3n) is 4.23. The Labute approximate surface area is 119 Å². The predicted molar refractivity (Wildman–Crippen MR) is 83.4 cm³/mol. The quantitative estimate of drug-likeness (QED) is 0.660. The van der Waals surface area contributed by atoms with E-state index in [1.54, 1.807) is 5.01 Å². The number of para-hydroxylation sites is 1. The minimum Gasteiger partial charge on any atom is -0.323 e. The van der Waals surface area contributed by atoms with Crippen molar-refractivity contribution in [3.8, 4) is 0 Å². The summed E-state index contributed by atoms with van der Waals surface area (Å²) < 4.78 is 0. The molecule has 2 aromatic carbocycles. The van der Waals surface area contributed by atoms with Crippen molar-refractivity contribution in [2.24, 2.45) is 11.6 Å². The Bertz CT molecular complexity index is 623. The van der Waals surface area contributed by atoms with Gasteiger partial charge in [-0.3, -0.25) is 0 Å². The summed E-state index contributed by atoms with van der Waals surface area (Å²) in [5, 5.41) is 1.78. The molecule has 102 valence electrons. The lowest BCUT2D eigenvalue weighted by Crippen LogP contribution is -2.49. The van der Waals surface area contributed by atoms with Crippen LogP contribution in [-0.4, -0.2) is 12.6 Å². The van der Waals surface area contributed by atoms with Gasteiger partial charge in [0.25, 0.3) is 0 Å². The molecule has 0 aliphatic carbocycles. The smallest absolute Gasteiger partial charge is 0.0600 e. The highest BCUT2D eigenvalue weighted by molar-refractivity contribution is 5.66. The van der Waals surface area contributed by atoms with Crippen LogP contribution in [0.25, 0.3) is 0 Å². The predicted octanol–water partition coefficient (Wildman–Crippen LogP) is 2.18. The maximum Gasteiger partial charge on any atom is 0.0600 e. The highest BCUT2D eigenvalue weighted by atomic mass is 15.4. The Balaban J connectivity index is 2.27. The van der Waals surface area contributed by atoms with Crippen molar-refractivity contribution in [2.75, 3.05) is 11.6 Å². The van der Waals surface area contributed by atoms with Crippen molar-refractivity contribution in [2.45, 2.75) is 11.5 Å². The fourth-order valence-corrected chi connectivity index (χ4v) is 3.20. The molecule has 0 saturated carbocycles. The number of hydrazine groups is 1. The highest BCUT2D eigenvalue weighted by Crippen LogP contribution is 2.45. The van der Waals surface area contributed by atoms with Gasteiger partial charge < -0.3 is 10.7 Å². The van der Waals surface area contributed by atoms with Crippen LogP contribution < -0.4 is 16.6 Å². The van der Waals surface area contributed by atoms with Crippen LogP contribution in [0.3, 0.4) is 0 Å². The molecule has 0 amide bonds. The molecule has 1 aliphatic heterocycles. The number of benzene rings is 2. The summed E-state index contributed by atoms with van der Waals surface area (Å²) >= 11 is 0. The van der Waals surface area contributed by atoms with Gasteiger partial charge in [-0.1, -0.05) is 54.6 Å². The Kier molecular flexibility index (Phi) is 3.08. The van der Waals surface area contributed by atoms with E-state index in [4.69, 9.17) is 11.6 Å². The molecule has 20 heavy (non-hydrogen) atoms. The van der Waals surface area contributed by atoms with Gasteiger partial charge >= 0.3 is 0 Å². The largest absolute Gasteiger partial charge is 0.323 e. The molecular formula is C17H19N3. The topological polar surface area (TPSA) is 55.3 Å². The molecule has 3 rings (SSSR count). The molecule has 0 radical (unpaired) electrons. The second-order valence-electron chi connectivity index (χ2n) is 5.24. The highest BCUT2D eigenvalue weighted by Gasteiger charge is 2.46. The van der Waals surface area contributed by atoms with Gasteiger partial charge in [0.2, 0.25) is 0 Å². The van der Waals surface area contributed by atoms with Gasteiger partial charge in [0.15, 0.2) is 0 Å². The number of rotatable bonds is 3. The van der Waals surface area contributed by atoms with Crippen LogP contribution in [0.1, 0.15) is 11.1 Å². The van der Waals surface area contributed by atoms with E-state index in [2.05, 4.69) is 24.8 Å². The van der Waals surface area contributed by atoms with E-state index in [1.807, 2.05) is 42.5 Å². The van der Waals surface area contributed by atoms with Crippen LogP contribution in [0.4, 0.5) is 5.69 Å².